The van der Waals surface area contributed by atoms with Crippen molar-refractivity contribution in [3.63, 3.8) is 0 Å². The van der Waals surface area contributed by atoms with Crippen LogP contribution in [0.15, 0.2) is 82.6 Å². The number of para-hydroxylation sites is 1. The van der Waals surface area contributed by atoms with Crippen LogP contribution < -0.4 is 19.1 Å². The van der Waals surface area contributed by atoms with Crippen LogP contribution >= 0.6 is 11.8 Å². The van der Waals surface area contributed by atoms with Crippen molar-refractivity contribution in [1.82, 2.24) is 14.7 Å². The van der Waals surface area contributed by atoms with Gasteiger partial charge in [0.15, 0.2) is 0 Å². The molecular weight excluding hydrogens is 538 g/mol. The predicted octanol–water partition coefficient (Wildman–Crippen LogP) is 5.20. The Morgan fingerprint density at radius 2 is 1.76 bits per heavy atom. The Bertz CT molecular complexity index is 1570. The van der Waals surface area contributed by atoms with Crippen molar-refractivity contribution in [2.75, 3.05) is 17.9 Å². The van der Waals surface area contributed by atoms with Crippen molar-refractivity contribution in [3.8, 4) is 11.6 Å². The number of halogens is 2. The minimum absolute atomic E-state index is 0.0862. The fourth-order valence-corrected chi connectivity index (χ4v) is 5.61. The minimum atomic E-state index is -4.63. The van der Waals surface area contributed by atoms with Crippen molar-refractivity contribution in [2.24, 2.45) is 0 Å². The van der Waals surface area contributed by atoms with E-state index in [2.05, 4.69) is 14.7 Å². The van der Waals surface area contributed by atoms with Gasteiger partial charge in [0.05, 0.1) is 13.0 Å². The molecule has 0 bridgehead atoms. The maximum absolute atomic E-state index is 13.4. The van der Waals surface area contributed by atoms with E-state index in [0.29, 0.717) is 5.69 Å². The van der Waals surface area contributed by atoms with Gasteiger partial charge in [-0.1, -0.05) is 48.5 Å². The summed E-state index contributed by atoms with van der Waals surface area (Å²) in [6.45, 7) is -1.60. The third-order valence-electron chi connectivity index (χ3n) is 5.19. The van der Waals surface area contributed by atoms with E-state index in [-0.39, 0.29) is 17.7 Å². The summed E-state index contributed by atoms with van der Waals surface area (Å²) in [6.07, 6.45) is 0. The summed E-state index contributed by atoms with van der Waals surface area (Å²) in [5.74, 6) is -0.636. The first-order valence-electron chi connectivity index (χ1n) is 11.1. The number of fused-ring (bicyclic) bond motifs is 1. The Balaban J connectivity index is 1.68. The molecule has 0 aliphatic rings. The molecular formula is C25H22F2N4O5S2. The molecule has 13 heteroatoms. The number of alkyl halides is 2. The quantitative estimate of drug-likeness (QED) is 0.220. The van der Waals surface area contributed by atoms with Crippen LogP contribution in [0.2, 0.25) is 0 Å². The fourth-order valence-electron chi connectivity index (χ4n) is 3.50. The van der Waals surface area contributed by atoms with E-state index in [1.54, 1.807) is 13.0 Å². The van der Waals surface area contributed by atoms with Gasteiger partial charge < -0.3 is 9.47 Å². The number of rotatable bonds is 9. The number of ether oxygens (including phenoxy) is 2. The van der Waals surface area contributed by atoms with E-state index in [1.807, 2.05) is 47.2 Å². The summed E-state index contributed by atoms with van der Waals surface area (Å²) in [5.41, 5.74) is 0.471. The first-order valence-corrected chi connectivity index (χ1v) is 13.5. The van der Waals surface area contributed by atoms with Crippen molar-refractivity contribution < 1.29 is 31.5 Å². The van der Waals surface area contributed by atoms with Gasteiger partial charge in [0.2, 0.25) is 11.8 Å². The number of urea groups is 1. The van der Waals surface area contributed by atoms with E-state index in [9.17, 15) is 22.0 Å². The second-order valence-corrected chi connectivity index (χ2v) is 10.4. The van der Waals surface area contributed by atoms with Crippen molar-refractivity contribution in [1.29, 1.82) is 0 Å². The summed E-state index contributed by atoms with van der Waals surface area (Å²) in [6, 6.07) is 18.6. The molecule has 9 nitrogen and oxygen atoms in total. The number of hydrogen-bond acceptors (Lipinski definition) is 8. The first kappa shape index (κ1) is 27.1. The number of anilines is 1. The molecule has 1 heterocycles. The fraction of sp³-hybridized carbons (Fsp3) is 0.160. The zero-order valence-corrected chi connectivity index (χ0v) is 21.8. The van der Waals surface area contributed by atoms with Gasteiger partial charge >= 0.3 is 12.6 Å². The maximum atomic E-state index is 13.4. The third kappa shape index (κ3) is 6.29. The second-order valence-electron chi connectivity index (χ2n) is 7.77. The zero-order valence-electron chi connectivity index (χ0n) is 20.2. The molecule has 2 amide bonds. The standard InChI is InChI=1S/C25H22F2N4O5S2/c1-16-14-22(35-2)29-24(28-16)31(15-37-20-12-7-9-17-8-3-4-10-18(17)20)25(32)30-38(33,34)21-13-6-5-11-19(21)36-23(26)27/h3-14,23H,15H2,1-2H3,(H,30,32). The zero-order chi connectivity index (χ0) is 27.3. The van der Waals surface area contributed by atoms with Gasteiger partial charge in [0.25, 0.3) is 10.0 Å². The Hall–Kier alpha value is -3.97. The molecule has 0 aliphatic carbocycles. The van der Waals surface area contributed by atoms with Crippen LogP contribution in [0.3, 0.4) is 0 Å². The summed E-state index contributed by atoms with van der Waals surface area (Å²) in [4.78, 5) is 23.1. The summed E-state index contributed by atoms with van der Waals surface area (Å²) < 4.78 is 63.2. The highest BCUT2D eigenvalue weighted by Crippen LogP contribution is 2.30. The van der Waals surface area contributed by atoms with Crippen LogP contribution in [-0.4, -0.2) is 44.0 Å². The number of carbonyl (C=O) groups is 1. The molecule has 0 atom stereocenters. The van der Waals surface area contributed by atoms with Gasteiger partial charge in [-0.25, -0.2) is 22.9 Å². The van der Waals surface area contributed by atoms with Crippen molar-refractivity contribution >= 4 is 44.5 Å². The van der Waals surface area contributed by atoms with Gasteiger partial charge in [-0.3, -0.25) is 4.90 Å². The molecule has 0 saturated heterocycles. The van der Waals surface area contributed by atoms with E-state index in [4.69, 9.17) is 4.74 Å². The number of hydrogen-bond donors (Lipinski definition) is 1. The lowest BCUT2D eigenvalue weighted by Crippen LogP contribution is -2.43. The lowest BCUT2D eigenvalue weighted by molar-refractivity contribution is -0.0517. The molecule has 38 heavy (non-hydrogen) atoms. The van der Waals surface area contributed by atoms with E-state index in [0.717, 1.165) is 32.7 Å². The minimum Gasteiger partial charge on any atom is -0.481 e. The van der Waals surface area contributed by atoms with Crippen LogP contribution in [0.5, 0.6) is 11.6 Å². The van der Waals surface area contributed by atoms with Gasteiger partial charge in [-0.15, -0.1) is 11.8 Å². The molecule has 1 N–H and O–H groups in total. The van der Waals surface area contributed by atoms with Crippen LogP contribution in [-0.2, 0) is 10.0 Å². The SMILES string of the molecule is COc1cc(C)nc(N(CSc2cccc3ccccc23)C(=O)NS(=O)(=O)c2ccccc2OC(F)F)n1. The van der Waals surface area contributed by atoms with Crippen LogP contribution in [0.25, 0.3) is 10.8 Å². The maximum Gasteiger partial charge on any atom is 0.387 e. The molecule has 198 valence electrons. The number of carbonyl (C=O) groups excluding carboxylic acids is 1. The average molecular weight is 561 g/mol. The smallest absolute Gasteiger partial charge is 0.387 e. The van der Waals surface area contributed by atoms with Gasteiger partial charge in [-0.05, 0) is 35.9 Å². The number of sulfonamides is 1. The van der Waals surface area contributed by atoms with E-state index in [1.165, 1.54) is 31.0 Å². The predicted molar refractivity (Wildman–Crippen MR) is 139 cm³/mol. The van der Waals surface area contributed by atoms with Crippen LogP contribution in [0.4, 0.5) is 19.5 Å². The van der Waals surface area contributed by atoms with E-state index >= 15 is 0 Å². The van der Waals surface area contributed by atoms with Crippen LogP contribution in [0.1, 0.15) is 5.69 Å². The molecule has 0 fully saturated rings. The largest absolute Gasteiger partial charge is 0.481 e. The Morgan fingerprint density at radius 1 is 1.05 bits per heavy atom. The topological polar surface area (TPSA) is 111 Å². The number of nitrogens with one attached hydrogen (secondary N) is 1. The molecule has 0 saturated carbocycles. The number of aryl methyl sites for hydroxylation is 1. The molecule has 0 spiro atoms. The highest BCUT2D eigenvalue weighted by atomic mass is 32.2. The monoisotopic (exact) mass is 560 g/mol. The Kier molecular flexibility index (Phi) is 8.27. The Labute approximate surface area is 221 Å². The van der Waals surface area contributed by atoms with Crippen molar-refractivity contribution in [3.05, 3.63) is 78.5 Å². The van der Waals surface area contributed by atoms with E-state index < -0.39 is 33.3 Å². The van der Waals surface area contributed by atoms with Gasteiger partial charge in [0.1, 0.15) is 10.6 Å². The highest BCUT2D eigenvalue weighted by molar-refractivity contribution is 7.99. The molecule has 0 unspecified atom stereocenters. The Morgan fingerprint density at radius 3 is 2.53 bits per heavy atom. The van der Waals surface area contributed by atoms with Crippen molar-refractivity contribution in [2.45, 2.75) is 23.3 Å². The molecule has 3 aromatic carbocycles. The number of methoxy groups -OCH3 is 1. The highest BCUT2D eigenvalue weighted by Gasteiger charge is 2.28. The molecule has 4 rings (SSSR count). The van der Waals surface area contributed by atoms with Gasteiger partial charge in [0, 0.05) is 16.7 Å². The molecule has 0 radical (unpaired) electrons. The van der Waals surface area contributed by atoms with Crippen LogP contribution in [0, 0.1) is 6.92 Å². The summed E-state index contributed by atoms with van der Waals surface area (Å²) in [7, 11) is -3.23. The lowest BCUT2D eigenvalue weighted by Gasteiger charge is -2.22. The second kappa shape index (κ2) is 11.6. The molecule has 4 aromatic rings. The summed E-state index contributed by atoms with van der Waals surface area (Å²) in [5, 5.41) is 1.92. The number of thioether (sulfide) groups is 1. The number of benzene rings is 3. The number of aromatic nitrogens is 2. The third-order valence-corrected chi connectivity index (χ3v) is 7.60. The number of nitrogens with zero attached hydrogens (tertiary/aromatic N) is 3. The normalized spacial score (nSPS) is 11.4. The molecule has 0 aliphatic heterocycles. The summed E-state index contributed by atoms with van der Waals surface area (Å²) >= 11 is 1.26. The lowest BCUT2D eigenvalue weighted by atomic mass is 10.1. The molecule has 1 aromatic heterocycles. The average Bonchev–Trinajstić information content (AvgIpc) is 2.88. The number of amides is 2. The first-order chi connectivity index (χ1) is 18.2. The van der Waals surface area contributed by atoms with Gasteiger partial charge in [-0.2, -0.15) is 13.8 Å².